The summed E-state index contributed by atoms with van der Waals surface area (Å²) in [5.41, 5.74) is -0.0605. The minimum Gasteiger partial charge on any atom is -0.458 e. The fraction of sp³-hybridized carbons (Fsp3) is 0.333. The standard InChI is InChI=1S/C12H13NO5/c1-6(14)11(16)9-4-2-3-8(18-9)10-7(15)5-13-12(10)17/h2-4,6,11,14,16H,5H2,1H3,(H,13,17). The number of ether oxygens (including phenoxy) is 1. The average molecular weight is 251 g/mol. The summed E-state index contributed by atoms with van der Waals surface area (Å²) in [5, 5.41) is 21.3. The molecule has 0 aromatic rings. The van der Waals surface area contributed by atoms with Crippen molar-refractivity contribution in [2.24, 2.45) is 0 Å². The first-order valence-electron chi connectivity index (χ1n) is 5.48. The maximum Gasteiger partial charge on any atom is 0.259 e. The van der Waals surface area contributed by atoms with Gasteiger partial charge >= 0.3 is 0 Å². The van der Waals surface area contributed by atoms with E-state index in [4.69, 9.17) is 4.74 Å². The molecule has 1 saturated heterocycles. The fourth-order valence-electron chi connectivity index (χ4n) is 1.67. The van der Waals surface area contributed by atoms with Gasteiger partial charge in [-0.2, -0.15) is 0 Å². The van der Waals surface area contributed by atoms with Gasteiger partial charge in [-0.1, -0.05) is 6.08 Å². The Morgan fingerprint density at radius 1 is 1.39 bits per heavy atom. The number of Topliss-reactive ketones (excluding diaryl/α,β-unsaturated/α-hetero) is 1. The van der Waals surface area contributed by atoms with E-state index in [1.807, 2.05) is 0 Å². The molecule has 0 aromatic carbocycles. The molecule has 1 amide bonds. The largest absolute Gasteiger partial charge is 0.458 e. The van der Waals surface area contributed by atoms with Crippen molar-refractivity contribution in [2.75, 3.05) is 6.54 Å². The molecule has 2 aliphatic heterocycles. The molecule has 96 valence electrons. The third-order valence-electron chi connectivity index (χ3n) is 2.65. The number of rotatable bonds is 2. The van der Waals surface area contributed by atoms with E-state index in [0.717, 1.165) is 0 Å². The maximum atomic E-state index is 11.5. The molecule has 1 fully saturated rings. The van der Waals surface area contributed by atoms with Gasteiger partial charge < -0.3 is 20.3 Å². The van der Waals surface area contributed by atoms with Crippen LogP contribution in [0, 0.1) is 0 Å². The Bertz CT molecular complexity index is 469. The van der Waals surface area contributed by atoms with Gasteiger partial charge in [-0.15, -0.1) is 0 Å². The highest BCUT2D eigenvalue weighted by atomic mass is 16.5. The summed E-state index contributed by atoms with van der Waals surface area (Å²) in [6, 6.07) is 0. The van der Waals surface area contributed by atoms with Crippen molar-refractivity contribution in [3.63, 3.8) is 0 Å². The van der Waals surface area contributed by atoms with Gasteiger partial charge in [-0.05, 0) is 19.1 Å². The number of aliphatic hydroxyl groups excluding tert-OH is 2. The average Bonchev–Trinajstić information content (AvgIpc) is 2.68. The second-order valence-electron chi connectivity index (χ2n) is 4.06. The lowest BCUT2D eigenvalue weighted by molar-refractivity contribution is -0.117. The molecule has 18 heavy (non-hydrogen) atoms. The summed E-state index contributed by atoms with van der Waals surface area (Å²) in [6.45, 7) is 1.36. The quantitative estimate of drug-likeness (QED) is 0.439. The molecule has 0 aromatic heterocycles. The van der Waals surface area contributed by atoms with Gasteiger partial charge in [0.05, 0.1) is 12.6 Å². The van der Waals surface area contributed by atoms with Gasteiger partial charge in [0.15, 0.2) is 5.78 Å². The lowest BCUT2D eigenvalue weighted by atomic mass is 10.1. The molecule has 2 atom stereocenters. The lowest BCUT2D eigenvalue weighted by Gasteiger charge is -2.21. The number of carbonyl (C=O) groups excluding carboxylic acids is 2. The number of amides is 1. The van der Waals surface area contributed by atoms with E-state index in [-0.39, 0.29) is 29.4 Å². The monoisotopic (exact) mass is 251 g/mol. The molecule has 2 unspecified atom stereocenters. The van der Waals surface area contributed by atoms with E-state index in [0.29, 0.717) is 0 Å². The minimum absolute atomic E-state index is 0.0487. The van der Waals surface area contributed by atoms with Crippen LogP contribution in [0.4, 0.5) is 0 Å². The maximum absolute atomic E-state index is 11.5. The normalized spacial score (nSPS) is 26.5. The zero-order chi connectivity index (χ0) is 13.3. The molecule has 6 nitrogen and oxygen atoms in total. The summed E-state index contributed by atoms with van der Waals surface area (Å²) in [4.78, 5) is 23.0. The number of nitrogens with one attached hydrogen (secondary N) is 1. The van der Waals surface area contributed by atoms with Crippen molar-refractivity contribution in [1.29, 1.82) is 0 Å². The van der Waals surface area contributed by atoms with Crippen LogP contribution < -0.4 is 5.32 Å². The predicted molar refractivity (Wildman–Crippen MR) is 61.0 cm³/mol. The van der Waals surface area contributed by atoms with Crippen LogP contribution in [0.25, 0.3) is 0 Å². The Labute approximate surface area is 103 Å². The molecule has 3 N–H and O–H groups in total. The summed E-state index contributed by atoms with van der Waals surface area (Å²) in [5.74, 6) is -0.658. The Kier molecular flexibility index (Phi) is 3.31. The second-order valence-corrected chi connectivity index (χ2v) is 4.06. The third kappa shape index (κ3) is 2.20. The summed E-state index contributed by atoms with van der Waals surface area (Å²) in [7, 11) is 0. The zero-order valence-corrected chi connectivity index (χ0v) is 9.71. The summed E-state index contributed by atoms with van der Waals surface area (Å²) < 4.78 is 5.30. The van der Waals surface area contributed by atoms with E-state index >= 15 is 0 Å². The molecule has 0 saturated carbocycles. The van der Waals surface area contributed by atoms with Crippen LogP contribution in [0.15, 0.2) is 35.3 Å². The molecule has 0 spiro atoms. The molecule has 6 heteroatoms. The van der Waals surface area contributed by atoms with Crippen LogP contribution in [0.5, 0.6) is 0 Å². The van der Waals surface area contributed by atoms with Crippen LogP contribution >= 0.6 is 0 Å². The topological polar surface area (TPSA) is 95.9 Å². The van der Waals surface area contributed by atoms with Crippen molar-refractivity contribution in [3.8, 4) is 0 Å². The van der Waals surface area contributed by atoms with Crippen LogP contribution in [0.2, 0.25) is 0 Å². The zero-order valence-electron chi connectivity index (χ0n) is 9.71. The molecule has 2 rings (SSSR count). The highest BCUT2D eigenvalue weighted by molar-refractivity contribution is 6.25. The smallest absolute Gasteiger partial charge is 0.259 e. The van der Waals surface area contributed by atoms with Crippen LogP contribution in [0.3, 0.4) is 0 Å². The minimum atomic E-state index is -1.20. The van der Waals surface area contributed by atoms with E-state index in [2.05, 4.69) is 5.32 Å². The Balaban J connectivity index is 2.28. The van der Waals surface area contributed by atoms with Crippen molar-refractivity contribution < 1.29 is 24.5 Å². The Morgan fingerprint density at radius 3 is 2.67 bits per heavy atom. The number of ketones is 1. The van der Waals surface area contributed by atoms with Crippen LogP contribution in [-0.4, -0.2) is 40.7 Å². The number of aliphatic hydroxyl groups is 2. The van der Waals surface area contributed by atoms with Gasteiger partial charge in [0.1, 0.15) is 23.2 Å². The number of carbonyl (C=O) groups is 2. The number of hydrogen-bond donors (Lipinski definition) is 3. The molecule has 0 radical (unpaired) electrons. The first kappa shape index (κ1) is 12.5. The Hall–Kier alpha value is -1.92. The molecule has 2 heterocycles. The SMILES string of the molecule is CC(O)C(O)C1=CC=CC(=C2C(=O)CNC2=O)O1. The van der Waals surface area contributed by atoms with Crippen molar-refractivity contribution >= 4 is 11.7 Å². The van der Waals surface area contributed by atoms with Crippen molar-refractivity contribution in [3.05, 3.63) is 35.3 Å². The van der Waals surface area contributed by atoms with Gasteiger partial charge in [0.2, 0.25) is 0 Å². The van der Waals surface area contributed by atoms with Crippen LogP contribution in [0.1, 0.15) is 6.92 Å². The van der Waals surface area contributed by atoms with Gasteiger partial charge in [-0.3, -0.25) is 9.59 Å². The first-order valence-corrected chi connectivity index (χ1v) is 5.48. The molecule has 2 aliphatic rings. The van der Waals surface area contributed by atoms with Gasteiger partial charge in [-0.25, -0.2) is 0 Å². The van der Waals surface area contributed by atoms with Crippen LogP contribution in [-0.2, 0) is 14.3 Å². The lowest BCUT2D eigenvalue weighted by Crippen LogP contribution is -2.27. The molecular weight excluding hydrogens is 238 g/mol. The fourth-order valence-corrected chi connectivity index (χ4v) is 1.67. The van der Waals surface area contributed by atoms with Gasteiger partial charge in [0.25, 0.3) is 5.91 Å². The first-order chi connectivity index (χ1) is 8.50. The number of hydrogen-bond acceptors (Lipinski definition) is 5. The molecule has 0 bridgehead atoms. The third-order valence-corrected chi connectivity index (χ3v) is 2.65. The van der Waals surface area contributed by atoms with Crippen molar-refractivity contribution in [2.45, 2.75) is 19.1 Å². The highest BCUT2D eigenvalue weighted by Crippen LogP contribution is 2.23. The molecule has 0 aliphatic carbocycles. The molecular formula is C12H13NO5. The van der Waals surface area contributed by atoms with E-state index < -0.39 is 18.1 Å². The summed E-state index contributed by atoms with van der Waals surface area (Å²) >= 11 is 0. The Morgan fingerprint density at radius 2 is 2.11 bits per heavy atom. The van der Waals surface area contributed by atoms with E-state index in [1.54, 1.807) is 6.08 Å². The van der Waals surface area contributed by atoms with E-state index in [1.165, 1.54) is 19.1 Å². The second kappa shape index (κ2) is 4.75. The number of allylic oxidation sites excluding steroid dienone is 3. The van der Waals surface area contributed by atoms with E-state index in [9.17, 15) is 19.8 Å². The predicted octanol–water partition coefficient (Wildman–Crippen LogP) is -0.849. The van der Waals surface area contributed by atoms with Gasteiger partial charge in [0, 0.05) is 0 Å². The highest BCUT2D eigenvalue weighted by Gasteiger charge is 2.31. The van der Waals surface area contributed by atoms with Crippen molar-refractivity contribution in [1.82, 2.24) is 5.32 Å². The summed E-state index contributed by atoms with van der Waals surface area (Å²) in [6.07, 6.45) is 2.27.